The van der Waals surface area contributed by atoms with Crippen LogP contribution in [0.15, 0.2) is 0 Å². The fourth-order valence-electron chi connectivity index (χ4n) is 0.960. The zero-order chi connectivity index (χ0) is 15.7. The Morgan fingerprint density at radius 3 is 1.58 bits per heavy atom. The maximum Gasteiger partial charge on any atom is 0.422 e. The summed E-state index contributed by atoms with van der Waals surface area (Å²) in [5.41, 5.74) is 0. The molecule has 0 bridgehead atoms. The van der Waals surface area contributed by atoms with Gasteiger partial charge in [0.15, 0.2) is 10.8 Å². The van der Waals surface area contributed by atoms with Gasteiger partial charge in [0.1, 0.15) is 0 Å². The molecule has 4 nitrogen and oxygen atoms in total. The van der Waals surface area contributed by atoms with E-state index >= 15 is 0 Å². The highest BCUT2D eigenvalue weighted by Gasteiger charge is 2.90. The van der Waals surface area contributed by atoms with Gasteiger partial charge in [0.05, 0.1) is 0 Å². The lowest BCUT2D eigenvalue weighted by Crippen LogP contribution is -2.62. The van der Waals surface area contributed by atoms with Gasteiger partial charge in [-0.1, -0.05) is 0 Å². The largest absolute Gasteiger partial charge is 0.422 e. The van der Waals surface area contributed by atoms with Gasteiger partial charge in [0.2, 0.25) is 0 Å². The molecule has 0 aromatic carbocycles. The highest BCUT2D eigenvalue weighted by molar-refractivity contribution is 8.29. The minimum absolute atomic E-state index is 3.60. The van der Waals surface area contributed by atoms with Gasteiger partial charge >= 0.3 is 26.8 Å². The minimum Gasteiger partial charge on any atom is -0.266 e. The van der Waals surface area contributed by atoms with Crippen LogP contribution in [0.1, 0.15) is 0 Å². The average Bonchev–Trinajstić information content (AvgIpc) is 2.25. The van der Waals surface area contributed by atoms with Gasteiger partial charge in [-0.25, -0.2) is 12.6 Å². The molecule has 1 unspecified atom stereocenters. The lowest BCUT2D eigenvalue weighted by Gasteiger charge is -2.31. The van der Waals surface area contributed by atoms with E-state index in [0.29, 0.717) is 0 Å². The molecule has 0 amide bonds. The summed E-state index contributed by atoms with van der Waals surface area (Å²) in [7, 11) is -12.3. The van der Waals surface area contributed by atoms with E-state index in [9.17, 15) is 52.5 Å². The van der Waals surface area contributed by atoms with E-state index in [-0.39, 0.29) is 0 Å². The van der Waals surface area contributed by atoms with Gasteiger partial charge in [-0.2, -0.15) is 35.1 Å². The predicted molar refractivity (Wildman–Crippen MR) is 42.2 cm³/mol. The smallest absolute Gasteiger partial charge is 0.266 e. The van der Waals surface area contributed by atoms with Gasteiger partial charge < -0.3 is 0 Å². The number of carbonyl (C=O) groups excluding carboxylic acids is 1. The Bertz CT molecular complexity index is 564. The van der Waals surface area contributed by atoms with Crippen LogP contribution in [0.3, 0.4) is 0 Å². The third kappa shape index (κ3) is 1.52. The van der Waals surface area contributed by atoms with Crippen molar-refractivity contribution in [2.24, 2.45) is 0 Å². The second-order valence-corrected chi connectivity index (χ2v) is 6.77. The third-order valence-corrected chi connectivity index (χ3v) is 5.57. The van der Waals surface area contributed by atoms with Crippen molar-refractivity contribution < 1.29 is 52.5 Å². The third-order valence-electron chi connectivity index (χ3n) is 2.07. The molecule has 14 heteroatoms. The van der Waals surface area contributed by atoms with Gasteiger partial charge in [0, 0.05) is 0 Å². The maximum absolute atomic E-state index is 12.8. The first-order valence-corrected chi connectivity index (χ1v) is 6.42. The highest BCUT2D eigenvalue weighted by Crippen LogP contribution is 2.58. The number of hydrogen-bond acceptors (Lipinski definition) is 4. The zero-order valence-corrected chi connectivity index (χ0v) is 9.61. The molecule has 1 aliphatic heterocycles. The standard InChI is InChI=1S/C5F8O4S2/c6-2(7)3(8,9)5(12,13)19(16,17)1(14)18(15)4(2,10)11. The monoisotopic (exact) mass is 340 g/mol. The van der Waals surface area contributed by atoms with E-state index in [1.807, 2.05) is 0 Å². The van der Waals surface area contributed by atoms with Crippen molar-refractivity contribution in [3.63, 3.8) is 0 Å². The van der Waals surface area contributed by atoms with E-state index in [0.717, 1.165) is 0 Å². The topological polar surface area (TPSA) is 68.3 Å². The molecule has 1 saturated heterocycles. The van der Waals surface area contributed by atoms with Crippen LogP contribution < -0.4 is 0 Å². The number of hydrogen-bond donors (Lipinski definition) is 0. The summed E-state index contributed by atoms with van der Waals surface area (Å²) in [5.74, 6) is -14.2. The van der Waals surface area contributed by atoms with Crippen molar-refractivity contribution in [1.82, 2.24) is 0 Å². The van der Waals surface area contributed by atoms with Crippen molar-refractivity contribution in [1.29, 1.82) is 0 Å². The van der Waals surface area contributed by atoms with E-state index in [2.05, 4.69) is 0 Å². The van der Waals surface area contributed by atoms with E-state index in [1.165, 1.54) is 0 Å². The molecule has 1 heterocycles. The summed E-state index contributed by atoms with van der Waals surface area (Å²) in [6.07, 6.45) is 0. The zero-order valence-electron chi connectivity index (χ0n) is 7.97. The van der Waals surface area contributed by atoms with E-state index < -0.39 is 47.4 Å². The maximum atomic E-state index is 12.8. The molecule has 0 spiro atoms. The molecule has 0 aromatic heterocycles. The SMILES string of the molecule is O=C1S(=O)C(F)(F)C(F)(F)C(F)(F)C(F)(F)S1(=O)=O. The number of sulfone groups is 1. The Labute approximate surface area is 101 Å². The molecule has 1 aliphatic rings. The van der Waals surface area contributed by atoms with Gasteiger partial charge in [-0.15, -0.1) is 0 Å². The van der Waals surface area contributed by atoms with Gasteiger partial charge in [-0.05, 0) is 0 Å². The van der Waals surface area contributed by atoms with E-state index in [4.69, 9.17) is 0 Å². The summed E-state index contributed by atoms with van der Waals surface area (Å²) in [6, 6.07) is 0. The Morgan fingerprint density at radius 2 is 1.21 bits per heavy atom. The molecule has 112 valence electrons. The average molecular weight is 340 g/mol. The lowest BCUT2D eigenvalue weighted by molar-refractivity contribution is -0.323. The molecule has 1 fully saturated rings. The van der Waals surface area contributed by atoms with Crippen molar-refractivity contribution in [3.05, 3.63) is 0 Å². The molecule has 0 saturated carbocycles. The van der Waals surface area contributed by atoms with Crippen LogP contribution in [0, 0.1) is 0 Å². The fourth-order valence-corrected chi connectivity index (χ4v) is 3.63. The first-order chi connectivity index (χ1) is 8.07. The molecule has 1 rings (SSSR count). The summed E-state index contributed by atoms with van der Waals surface area (Å²) in [4.78, 5) is 10.6. The molecule has 0 aliphatic carbocycles. The Balaban J connectivity index is 3.91. The van der Waals surface area contributed by atoms with E-state index in [1.54, 1.807) is 0 Å². The predicted octanol–water partition coefficient (Wildman–Crippen LogP) is 1.74. The second-order valence-electron chi connectivity index (χ2n) is 3.20. The number of rotatable bonds is 0. The van der Waals surface area contributed by atoms with Gasteiger partial charge in [-0.3, -0.25) is 4.79 Å². The van der Waals surface area contributed by atoms with Crippen molar-refractivity contribution in [3.8, 4) is 0 Å². The lowest BCUT2D eigenvalue weighted by atomic mass is 10.2. The molecule has 0 radical (unpaired) electrons. The molecule has 0 N–H and O–H groups in total. The second kappa shape index (κ2) is 3.65. The summed E-state index contributed by atoms with van der Waals surface area (Å²) >= 11 is 0. The van der Waals surface area contributed by atoms with Crippen molar-refractivity contribution >= 4 is 25.1 Å². The fraction of sp³-hybridized carbons (Fsp3) is 0.800. The molecule has 0 aromatic rings. The van der Waals surface area contributed by atoms with Gasteiger partial charge in [0.25, 0.3) is 9.84 Å². The Kier molecular flexibility index (Phi) is 3.12. The quantitative estimate of drug-likeness (QED) is 0.630. The molecular weight excluding hydrogens is 340 g/mol. The van der Waals surface area contributed by atoms with Crippen LogP contribution in [0.4, 0.5) is 39.9 Å². The molecular formula is C5F8O4S2. The number of halogens is 8. The van der Waals surface area contributed by atoms with Crippen LogP contribution in [0.5, 0.6) is 0 Å². The van der Waals surface area contributed by atoms with Crippen LogP contribution in [-0.4, -0.2) is 39.4 Å². The van der Waals surface area contributed by atoms with Crippen LogP contribution in [0.2, 0.25) is 0 Å². The normalized spacial score (nSPS) is 34.5. The number of carbonyl (C=O) groups is 1. The van der Waals surface area contributed by atoms with Crippen LogP contribution >= 0.6 is 0 Å². The minimum atomic E-state index is -7.16. The van der Waals surface area contributed by atoms with Crippen LogP contribution in [0.25, 0.3) is 0 Å². The van der Waals surface area contributed by atoms with Crippen molar-refractivity contribution in [2.45, 2.75) is 22.4 Å². The first kappa shape index (κ1) is 16.3. The number of alkyl halides is 8. The highest BCUT2D eigenvalue weighted by atomic mass is 32.3. The first-order valence-electron chi connectivity index (χ1n) is 3.78. The molecule has 1 atom stereocenters. The summed E-state index contributed by atoms with van der Waals surface area (Å²) in [6.45, 7) is 0. The summed E-state index contributed by atoms with van der Waals surface area (Å²) in [5, 5.41) is -13.3. The van der Waals surface area contributed by atoms with Crippen molar-refractivity contribution in [2.75, 3.05) is 0 Å². The summed E-state index contributed by atoms with van der Waals surface area (Å²) < 4.78 is 130. The molecule has 19 heavy (non-hydrogen) atoms. The Morgan fingerprint density at radius 1 is 0.842 bits per heavy atom. The van der Waals surface area contributed by atoms with Crippen LogP contribution in [-0.2, 0) is 20.6 Å². The Hall–Kier alpha value is -0.790.